The molecule has 0 aromatic heterocycles. The fraction of sp³-hybridized carbons (Fsp3) is 0.556. The van der Waals surface area contributed by atoms with Gasteiger partial charge in [0.05, 0.1) is 10.3 Å². The minimum atomic E-state index is -4.42. The van der Waals surface area contributed by atoms with Gasteiger partial charge in [-0.15, -0.1) is 0 Å². The van der Waals surface area contributed by atoms with E-state index in [4.69, 9.17) is 9.29 Å². The molecule has 0 heterocycles. The van der Waals surface area contributed by atoms with Crippen molar-refractivity contribution in [1.29, 1.82) is 0 Å². The number of allylic oxidation sites excluding steroid dienone is 3. The van der Waals surface area contributed by atoms with Crippen LogP contribution in [0.2, 0.25) is 0 Å². The summed E-state index contributed by atoms with van der Waals surface area (Å²) in [4.78, 5) is -0.130. The molecule has 0 aliphatic rings. The van der Waals surface area contributed by atoms with Crippen LogP contribution in [0.4, 0.5) is 0 Å². The summed E-state index contributed by atoms with van der Waals surface area (Å²) in [5.41, 5.74) is 0.487. The van der Waals surface area contributed by atoms with Gasteiger partial charge in [0.15, 0.2) is 0 Å². The number of hydrogen-bond acceptors (Lipinski definition) is 5. The van der Waals surface area contributed by atoms with Gasteiger partial charge in [-0.25, -0.2) is 0 Å². The molecule has 0 aliphatic carbocycles. The van der Waals surface area contributed by atoms with Gasteiger partial charge in [0.1, 0.15) is 11.5 Å². The first kappa shape index (κ1) is 32.1. The molecule has 0 aliphatic heterocycles. The molecule has 1 unspecified atom stereocenters. The van der Waals surface area contributed by atoms with Crippen molar-refractivity contribution in [3.8, 4) is 5.75 Å². The molecule has 0 amide bonds. The second-order valence-electron chi connectivity index (χ2n) is 9.09. The average Bonchev–Trinajstić information content (AvgIpc) is 2.79. The van der Waals surface area contributed by atoms with Crippen LogP contribution in [0.25, 0.3) is 0 Å². The third-order valence-corrected chi connectivity index (χ3v) is 7.40. The van der Waals surface area contributed by atoms with E-state index in [-0.39, 0.29) is 16.6 Å². The maximum atomic E-state index is 12.1. The van der Waals surface area contributed by atoms with Gasteiger partial charge in [0, 0.05) is 0 Å². The molecule has 2 N–H and O–H groups in total. The average molecular weight is 543 g/mol. The summed E-state index contributed by atoms with van der Waals surface area (Å²) in [6, 6.07) is 4.35. The topological polar surface area (TPSA) is 118 Å². The lowest BCUT2D eigenvalue weighted by Crippen LogP contribution is -2.10. The van der Waals surface area contributed by atoms with Crippen LogP contribution in [-0.2, 0) is 26.7 Å². The second-order valence-corrected chi connectivity index (χ2v) is 11.8. The van der Waals surface area contributed by atoms with E-state index in [9.17, 15) is 21.4 Å². The third-order valence-electron chi connectivity index (χ3n) is 5.95. The monoisotopic (exact) mass is 542 g/mol. The van der Waals surface area contributed by atoms with Gasteiger partial charge in [-0.1, -0.05) is 91.1 Å². The SMILES string of the molecule is C=C/C(=C\C=C\S(=O)(=O)O)Oc1ccc(S(=O)(=O)O)c(CC(CCCCCC)CCCCCCC)c1. The molecule has 0 bridgehead atoms. The van der Waals surface area contributed by atoms with Crippen LogP contribution in [0.3, 0.4) is 0 Å². The van der Waals surface area contributed by atoms with Crippen LogP contribution < -0.4 is 4.74 Å². The van der Waals surface area contributed by atoms with Gasteiger partial charge in [0.25, 0.3) is 20.2 Å². The van der Waals surface area contributed by atoms with Crippen molar-refractivity contribution < 1.29 is 30.7 Å². The van der Waals surface area contributed by atoms with Gasteiger partial charge in [0.2, 0.25) is 0 Å². The lowest BCUT2D eigenvalue weighted by atomic mass is 9.88. The summed E-state index contributed by atoms with van der Waals surface area (Å²) < 4.78 is 70.3. The summed E-state index contributed by atoms with van der Waals surface area (Å²) in [5.74, 6) is 0.815. The molecule has 36 heavy (non-hydrogen) atoms. The molecular formula is C27H42O7S2. The van der Waals surface area contributed by atoms with E-state index in [0.29, 0.717) is 23.1 Å². The van der Waals surface area contributed by atoms with E-state index < -0.39 is 20.2 Å². The first-order valence-electron chi connectivity index (χ1n) is 12.8. The van der Waals surface area contributed by atoms with E-state index in [2.05, 4.69) is 20.4 Å². The number of ether oxygens (including phenoxy) is 1. The molecule has 7 nitrogen and oxygen atoms in total. The van der Waals surface area contributed by atoms with Crippen LogP contribution in [0.15, 0.2) is 59.1 Å². The Morgan fingerprint density at radius 2 is 1.53 bits per heavy atom. The maximum Gasteiger partial charge on any atom is 0.294 e. The van der Waals surface area contributed by atoms with E-state index in [1.807, 2.05) is 0 Å². The lowest BCUT2D eigenvalue weighted by Gasteiger charge is -2.19. The Hall–Kier alpha value is -1.94. The molecule has 1 aromatic rings. The van der Waals surface area contributed by atoms with E-state index >= 15 is 0 Å². The Morgan fingerprint density at radius 3 is 2.06 bits per heavy atom. The van der Waals surface area contributed by atoms with Crippen molar-refractivity contribution in [1.82, 2.24) is 0 Å². The zero-order valence-electron chi connectivity index (χ0n) is 21.6. The second kappa shape index (κ2) is 16.7. The first-order valence-corrected chi connectivity index (χ1v) is 15.7. The molecular weight excluding hydrogens is 500 g/mol. The van der Waals surface area contributed by atoms with Gasteiger partial charge in [-0.2, -0.15) is 16.8 Å². The summed E-state index contributed by atoms with van der Waals surface area (Å²) in [7, 11) is -8.70. The molecule has 0 saturated carbocycles. The molecule has 1 aromatic carbocycles. The minimum Gasteiger partial charge on any atom is -0.457 e. The number of unbranched alkanes of at least 4 members (excludes halogenated alkanes) is 7. The van der Waals surface area contributed by atoms with Crippen LogP contribution >= 0.6 is 0 Å². The molecule has 9 heteroatoms. The number of hydrogen-bond donors (Lipinski definition) is 2. The van der Waals surface area contributed by atoms with Crippen molar-refractivity contribution in [3.05, 3.63) is 59.7 Å². The molecule has 0 fully saturated rings. The highest BCUT2D eigenvalue weighted by Gasteiger charge is 2.20. The largest absolute Gasteiger partial charge is 0.457 e. The van der Waals surface area contributed by atoms with Gasteiger partial charge < -0.3 is 4.74 Å². The Labute approximate surface area is 217 Å². The molecule has 204 valence electrons. The van der Waals surface area contributed by atoms with Crippen LogP contribution in [-0.4, -0.2) is 25.9 Å². The van der Waals surface area contributed by atoms with Gasteiger partial charge in [-0.3, -0.25) is 9.11 Å². The summed E-state index contributed by atoms with van der Waals surface area (Å²) in [6.07, 6.45) is 16.6. The van der Waals surface area contributed by atoms with Crippen molar-refractivity contribution in [2.24, 2.45) is 5.92 Å². The highest BCUT2D eigenvalue weighted by Crippen LogP contribution is 2.29. The van der Waals surface area contributed by atoms with Crippen molar-refractivity contribution >= 4 is 20.2 Å². The molecule has 0 spiro atoms. The Bertz CT molecular complexity index is 1070. The maximum absolute atomic E-state index is 12.1. The van der Waals surface area contributed by atoms with Gasteiger partial charge in [-0.05, 0) is 54.3 Å². The number of benzene rings is 1. The van der Waals surface area contributed by atoms with Crippen LogP contribution in [0.5, 0.6) is 5.75 Å². The van der Waals surface area contributed by atoms with Crippen LogP contribution in [0, 0.1) is 5.92 Å². The zero-order chi connectivity index (χ0) is 27.0. The quantitative estimate of drug-likeness (QED) is 0.0816. The minimum absolute atomic E-state index is 0.130. The standard InChI is InChI=1S/C27H42O7S2/c1-4-7-9-11-13-16-23(15-12-10-8-5-2)21-24-22-26(18-19-27(24)36(31,32)33)34-25(6-3)17-14-20-35(28,29)30/h6,14,17-20,22-23H,3-5,7-13,15-16,21H2,1-2H3,(H,28,29,30)(H,31,32,33)/b20-14+,25-17+. The predicted octanol–water partition coefficient (Wildman–Crippen LogP) is 7.27. The molecule has 1 atom stereocenters. The first-order chi connectivity index (χ1) is 17.0. The highest BCUT2D eigenvalue weighted by molar-refractivity contribution is 7.88. The summed E-state index contributed by atoms with van der Waals surface area (Å²) in [6.45, 7) is 7.98. The highest BCUT2D eigenvalue weighted by atomic mass is 32.2. The molecule has 0 radical (unpaired) electrons. The predicted molar refractivity (Wildman–Crippen MR) is 145 cm³/mol. The van der Waals surface area contributed by atoms with Crippen molar-refractivity contribution in [2.75, 3.05) is 0 Å². The molecule has 1 rings (SSSR count). The third kappa shape index (κ3) is 14.0. The Kier molecular flexibility index (Phi) is 14.9. The normalized spacial score (nSPS) is 13.7. The van der Waals surface area contributed by atoms with Crippen molar-refractivity contribution in [2.45, 2.75) is 95.8 Å². The van der Waals surface area contributed by atoms with Crippen LogP contribution in [0.1, 0.15) is 90.0 Å². The van der Waals surface area contributed by atoms with E-state index in [1.165, 1.54) is 50.0 Å². The number of rotatable bonds is 19. The van der Waals surface area contributed by atoms with Gasteiger partial charge >= 0.3 is 0 Å². The lowest BCUT2D eigenvalue weighted by molar-refractivity contribution is 0.398. The molecule has 0 saturated heterocycles. The smallest absolute Gasteiger partial charge is 0.294 e. The Morgan fingerprint density at radius 1 is 0.944 bits per heavy atom. The van der Waals surface area contributed by atoms with Crippen molar-refractivity contribution in [3.63, 3.8) is 0 Å². The Balaban J connectivity index is 3.15. The fourth-order valence-electron chi connectivity index (χ4n) is 4.10. The summed E-state index contributed by atoms with van der Waals surface area (Å²) >= 11 is 0. The van der Waals surface area contributed by atoms with E-state index in [1.54, 1.807) is 6.07 Å². The van der Waals surface area contributed by atoms with E-state index in [0.717, 1.165) is 51.0 Å². The zero-order valence-corrected chi connectivity index (χ0v) is 23.2. The fourth-order valence-corrected chi connectivity index (χ4v) is 5.09. The summed E-state index contributed by atoms with van der Waals surface area (Å²) in [5, 5.41) is 0.608.